The maximum atomic E-state index is 12.2. The summed E-state index contributed by atoms with van der Waals surface area (Å²) >= 11 is 13.1. The predicted molar refractivity (Wildman–Crippen MR) is 85.3 cm³/mol. The lowest BCUT2D eigenvalue weighted by atomic mass is 10.1. The van der Waals surface area contributed by atoms with Crippen LogP contribution in [-0.2, 0) is 0 Å². The van der Waals surface area contributed by atoms with Crippen LogP contribution in [0.4, 0.5) is 0 Å². The smallest absolute Gasteiger partial charge is 0.254 e. The number of thiophene rings is 1. The third-order valence-corrected chi connectivity index (χ3v) is 4.51. The van der Waals surface area contributed by atoms with Crippen LogP contribution in [0, 0.1) is 13.8 Å². The van der Waals surface area contributed by atoms with Crippen LogP contribution in [-0.4, -0.2) is 22.5 Å². The van der Waals surface area contributed by atoms with E-state index >= 15 is 0 Å². The van der Waals surface area contributed by atoms with Crippen LogP contribution < -0.4 is 5.32 Å². The van der Waals surface area contributed by atoms with Crippen LogP contribution in [0.1, 0.15) is 32.6 Å². The summed E-state index contributed by atoms with van der Waals surface area (Å²) in [6.07, 6.45) is -0.802. The average Bonchev–Trinajstić information content (AvgIpc) is 2.81. The summed E-state index contributed by atoms with van der Waals surface area (Å²) in [4.78, 5) is 16.9. The number of aromatic nitrogens is 1. The Kier molecular flexibility index (Phi) is 5.22. The summed E-state index contributed by atoms with van der Waals surface area (Å²) in [7, 11) is 0. The standard InChI is InChI=1S/C14H14Cl2N2O2S/c1-7-5-8(2)18-13(16)12(7)14(20)17-6-9(19)10-3-4-11(15)21-10/h3-5,9,19H,6H2,1-2H3,(H,17,20). The van der Waals surface area contributed by atoms with Gasteiger partial charge in [0.1, 0.15) is 11.3 Å². The molecular weight excluding hydrogens is 331 g/mol. The summed E-state index contributed by atoms with van der Waals surface area (Å²) in [5.41, 5.74) is 1.83. The van der Waals surface area contributed by atoms with Gasteiger partial charge in [0.15, 0.2) is 0 Å². The number of hydrogen-bond acceptors (Lipinski definition) is 4. The van der Waals surface area contributed by atoms with Crippen LogP contribution in [0.25, 0.3) is 0 Å². The highest BCUT2D eigenvalue weighted by atomic mass is 35.5. The molecular formula is C14H14Cl2N2O2S. The molecule has 112 valence electrons. The first-order valence-electron chi connectivity index (χ1n) is 6.23. The van der Waals surface area contributed by atoms with Crippen molar-refractivity contribution in [1.82, 2.24) is 10.3 Å². The molecule has 21 heavy (non-hydrogen) atoms. The van der Waals surface area contributed by atoms with Gasteiger partial charge in [-0.2, -0.15) is 0 Å². The van der Waals surface area contributed by atoms with E-state index in [1.54, 1.807) is 25.1 Å². The zero-order chi connectivity index (χ0) is 15.6. The maximum absolute atomic E-state index is 12.2. The number of aliphatic hydroxyl groups excluding tert-OH is 1. The Morgan fingerprint density at radius 1 is 1.43 bits per heavy atom. The Labute approximate surface area is 136 Å². The summed E-state index contributed by atoms with van der Waals surface area (Å²) in [5, 5.41) is 12.8. The number of carbonyl (C=O) groups is 1. The minimum Gasteiger partial charge on any atom is -0.386 e. The maximum Gasteiger partial charge on any atom is 0.254 e. The van der Waals surface area contributed by atoms with Gasteiger partial charge in [0, 0.05) is 17.1 Å². The second-order valence-corrected chi connectivity index (χ2v) is 6.72. The predicted octanol–water partition coefficient (Wildman–Crippen LogP) is 3.53. The van der Waals surface area contributed by atoms with Crippen molar-refractivity contribution in [3.8, 4) is 0 Å². The minimum atomic E-state index is -0.802. The number of nitrogens with one attached hydrogen (secondary N) is 1. The molecule has 4 nitrogen and oxygen atoms in total. The first-order chi connectivity index (χ1) is 9.88. The number of aliphatic hydroxyl groups is 1. The largest absolute Gasteiger partial charge is 0.386 e. The van der Waals surface area contributed by atoms with Gasteiger partial charge in [-0.05, 0) is 37.6 Å². The van der Waals surface area contributed by atoms with Gasteiger partial charge in [-0.15, -0.1) is 11.3 Å². The van der Waals surface area contributed by atoms with Crippen LogP contribution in [0.5, 0.6) is 0 Å². The summed E-state index contributed by atoms with van der Waals surface area (Å²) < 4.78 is 0.594. The van der Waals surface area contributed by atoms with Crippen molar-refractivity contribution in [3.05, 3.63) is 49.4 Å². The quantitative estimate of drug-likeness (QED) is 0.834. The topological polar surface area (TPSA) is 62.2 Å². The molecule has 2 aromatic rings. The van der Waals surface area contributed by atoms with Gasteiger partial charge in [0.2, 0.25) is 0 Å². The van der Waals surface area contributed by atoms with E-state index in [1.165, 1.54) is 11.3 Å². The highest BCUT2D eigenvalue weighted by Crippen LogP contribution is 2.26. The number of pyridine rings is 1. The van der Waals surface area contributed by atoms with E-state index in [2.05, 4.69) is 10.3 Å². The SMILES string of the molecule is Cc1cc(C)c(C(=O)NCC(O)c2ccc(Cl)s2)c(Cl)n1. The molecule has 0 aliphatic carbocycles. The molecule has 0 bridgehead atoms. The lowest BCUT2D eigenvalue weighted by molar-refractivity contribution is 0.0917. The van der Waals surface area contributed by atoms with Crippen LogP contribution in [0.2, 0.25) is 9.49 Å². The van der Waals surface area contributed by atoms with Gasteiger partial charge < -0.3 is 10.4 Å². The van der Waals surface area contributed by atoms with E-state index < -0.39 is 6.10 Å². The zero-order valence-electron chi connectivity index (χ0n) is 11.5. The van der Waals surface area contributed by atoms with Crippen molar-refractivity contribution >= 4 is 40.4 Å². The van der Waals surface area contributed by atoms with Gasteiger partial charge in [-0.3, -0.25) is 4.79 Å². The van der Waals surface area contributed by atoms with Crippen molar-refractivity contribution in [2.75, 3.05) is 6.54 Å². The van der Waals surface area contributed by atoms with Crippen LogP contribution in [0.15, 0.2) is 18.2 Å². The number of aryl methyl sites for hydroxylation is 2. The van der Waals surface area contributed by atoms with Gasteiger partial charge in [-0.25, -0.2) is 4.98 Å². The molecule has 0 saturated heterocycles. The fourth-order valence-electron chi connectivity index (χ4n) is 1.95. The molecule has 1 unspecified atom stereocenters. The number of nitrogens with zero attached hydrogens (tertiary/aromatic N) is 1. The third-order valence-electron chi connectivity index (χ3n) is 2.91. The van der Waals surface area contributed by atoms with Gasteiger partial charge >= 0.3 is 0 Å². The van der Waals surface area contributed by atoms with Gasteiger partial charge in [-0.1, -0.05) is 23.2 Å². The Balaban J connectivity index is 2.05. The minimum absolute atomic E-state index is 0.0827. The molecule has 0 aliphatic heterocycles. The van der Waals surface area contributed by atoms with Gasteiger partial charge in [0.25, 0.3) is 5.91 Å². The van der Waals surface area contributed by atoms with E-state index in [0.717, 1.165) is 11.3 Å². The lowest BCUT2D eigenvalue weighted by Gasteiger charge is -2.12. The van der Waals surface area contributed by atoms with Crippen molar-refractivity contribution in [2.45, 2.75) is 20.0 Å². The van der Waals surface area contributed by atoms with Crippen molar-refractivity contribution in [3.63, 3.8) is 0 Å². The number of rotatable bonds is 4. The van der Waals surface area contributed by atoms with E-state index in [9.17, 15) is 9.90 Å². The molecule has 0 aliphatic rings. The Morgan fingerprint density at radius 3 is 2.71 bits per heavy atom. The molecule has 1 amide bonds. The zero-order valence-corrected chi connectivity index (χ0v) is 13.8. The highest BCUT2D eigenvalue weighted by molar-refractivity contribution is 7.16. The van der Waals surface area contributed by atoms with Crippen LogP contribution in [0.3, 0.4) is 0 Å². The molecule has 0 radical (unpaired) electrons. The number of carbonyl (C=O) groups excluding carboxylic acids is 1. The molecule has 0 aromatic carbocycles. The average molecular weight is 345 g/mol. The first kappa shape index (κ1) is 16.2. The van der Waals surface area contributed by atoms with E-state index in [1.807, 2.05) is 6.92 Å². The van der Waals surface area contributed by atoms with E-state index in [0.29, 0.717) is 14.8 Å². The lowest BCUT2D eigenvalue weighted by Crippen LogP contribution is -2.29. The molecule has 7 heteroatoms. The highest BCUT2D eigenvalue weighted by Gasteiger charge is 2.17. The van der Waals surface area contributed by atoms with Crippen LogP contribution >= 0.6 is 34.5 Å². The van der Waals surface area contributed by atoms with Crippen molar-refractivity contribution < 1.29 is 9.90 Å². The Hall–Kier alpha value is -1.14. The second-order valence-electron chi connectivity index (χ2n) is 4.61. The molecule has 2 aromatic heterocycles. The number of amides is 1. The monoisotopic (exact) mass is 344 g/mol. The molecule has 2 heterocycles. The van der Waals surface area contributed by atoms with E-state index in [4.69, 9.17) is 23.2 Å². The molecule has 2 rings (SSSR count). The second kappa shape index (κ2) is 6.75. The molecule has 0 fully saturated rings. The normalized spacial score (nSPS) is 12.2. The summed E-state index contributed by atoms with van der Waals surface area (Å²) in [5.74, 6) is -0.355. The van der Waals surface area contributed by atoms with Gasteiger partial charge in [0.05, 0.1) is 9.90 Å². The number of halogens is 2. The fraction of sp³-hybridized carbons (Fsp3) is 0.286. The van der Waals surface area contributed by atoms with Crippen molar-refractivity contribution in [2.24, 2.45) is 0 Å². The summed E-state index contributed by atoms with van der Waals surface area (Å²) in [6.45, 7) is 3.69. The molecule has 0 spiro atoms. The number of hydrogen-bond donors (Lipinski definition) is 2. The molecule has 1 atom stereocenters. The van der Waals surface area contributed by atoms with E-state index in [-0.39, 0.29) is 17.6 Å². The first-order valence-corrected chi connectivity index (χ1v) is 7.81. The Morgan fingerprint density at radius 2 is 2.14 bits per heavy atom. The third kappa shape index (κ3) is 3.95. The fourth-order valence-corrected chi connectivity index (χ4v) is 3.36. The molecule has 2 N–H and O–H groups in total. The Bertz CT molecular complexity index is 650. The molecule has 0 saturated carbocycles. The summed E-state index contributed by atoms with van der Waals surface area (Å²) in [6, 6.07) is 5.23. The van der Waals surface area contributed by atoms with Crippen molar-refractivity contribution in [1.29, 1.82) is 0 Å².